The molecule has 0 atom stereocenters. The van der Waals surface area contributed by atoms with Crippen LogP contribution in [0.4, 0.5) is 0 Å². The summed E-state index contributed by atoms with van der Waals surface area (Å²) in [5, 5.41) is 5.46. The molecule has 0 N–H and O–H groups in total. The molecule has 0 amide bonds. The monoisotopic (exact) mass is 365 g/mol. The van der Waals surface area contributed by atoms with Crippen LogP contribution in [-0.2, 0) is 15.1 Å². The first-order valence-corrected chi connectivity index (χ1v) is 10.0. The average Bonchev–Trinajstić information content (AvgIpc) is 2.65. The summed E-state index contributed by atoms with van der Waals surface area (Å²) in [7, 11) is 9.71. The quantitative estimate of drug-likeness (QED) is 0.354. The maximum absolute atomic E-state index is 4.85. The van der Waals surface area contributed by atoms with Crippen LogP contribution < -0.4 is 0 Å². The second-order valence-corrected chi connectivity index (χ2v) is 7.02. The number of benzene rings is 2. The molecule has 0 spiro atoms. The van der Waals surface area contributed by atoms with Crippen LogP contribution in [0.25, 0.3) is 21.5 Å². The van der Waals surface area contributed by atoms with Gasteiger partial charge in [0, 0.05) is 0 Å². The van der Waals surface area contributed by atoms with Crippen LogP contribution in [-0.4, -0.2) is 0 Å². The minimum absolute atomic E-state index is 0.346. The Morgan fingerprint density at radius 2 is 1.22 bits per heavy atom. The molecular weight excluding hydrogens is 352 g/mol. The number of hydrogen-bond donors (Lipinski definition) is 0. The third kappa shape index (κ3) is 2.91. The van der Waals surface area contributed by atoms with Crippen molar-refractivity contribution < 1.29 is 15.1 Å². The molecule has 0 saturated heterocycles. The molecule has 18 heavy (non-hydrogen) atoms. The molecule has 0 heterocycles. The van der Waals surface area contributed by atoms with Gasteiger partial charge >= 0.3 is 34.5 Å². The van der Waals surface area contributed by atoms with Gasteiger partial charge in [-0.1, -0.05) is 35.4 Å². The average molecular weight is 365 g/mol. The van der Waals surface area contributed by atoms with E-state index in [9.17, 15) is 0 Å². The van der Waals surface area contributed by atoms with Crippen LogP contribution in [0, 0.1) is 13.8 Å². The Morgan fingerprint density at radius 1 is 0.833 bits per heavy atom. The van der Waals surface area contributed by atoms with Crippen LogP contribution in [0.3, 0.4) is 0 Å². The zero-order chi connectivity index (χ0) is 13.1. The van der Waals surface area contributed by atoms with Crippen molar-refractivity contribution in [1.82, 2.24) is 0 Å². The zero-order valence-electron chi connectivity index (χ0n) is 10.2. The summed E-state index contributed by atoms with van der Waals surface area (Å²) in [5.74, 6) is 0. The second-order valence-electron chi connectivity index (χ2n) is 4.38. The fraction of sp³-hybridized carbons (Fsp3) is 0.133. The van der Waals surface area contributed by atoms with Crippen molar-refractivity contribution in [3.05, 3.63) is 53.6 Å². The van der Waals surface area contributed by atoms with Gasteiger partial charge in [-0.05, 0) is 13.8 Å². The Bertz CT molecular complexity index is 614. The fourth-order valence-electron chi connectivity index (χ4n) is 2.26. The van der Waals surface area contributed by atoms with Gasteiger partial charge in [0.25, 0.3) is 0 Å². The first-order valence-electron chi connectivity index (χ1n) is 5.57. The van der Waals surface area contributed by atoms with E-state index in [1.807, 2.05) is 0 Å². The van der Waals surface area contributed by atoms with Crippen molar-refractivity contribution in [2.24, 2.45) is 0 Å². The van der Waals surface area contributed by atoms with Crippen molar-refractivity contribution in [2.45, 2.75) is 13.8 Å². The third-order valence-electron chi connectivity index (χ3n) is 3.02. The van der Waals surface area contributed by atoms with E-state index in [1.54, 1.807) is 0 Å². The molecule has 0 radical (unpaired) electrons. The van der Waals surface area contributed by atoms with Crippen molar-refractivity contribution in [3.63, 3.8) is 0 Å². The molecule has 0 aliphatic rings. The second kappa shape index (κ2) is 6.11. The molecule has 3 rings (SSSR count). The molecule has 0 unspecified atom stereocenters. The Hall–Kier alpha value is -0.487. The Labute approximate surface area is 123 Å². The van der Waals surface area contributed by atoms with Gasteiger partial charge in [-0.3, -0.25) is 0 Å². The summed E-state index contributed by atoms with van der Waals surface area (Å²) in [5.41, 5.74) is 2.66. The van der Waals surface area contributed by atoms with Crippen molar-refractivity contribution in [1.29, 1.82) is 0 Å². The van der Waals surface area contributed by atoms with E-state index in [4.69, 9.17) is 19.4 Å². The number of halogens is 2. The van der Waals surface area contributed by atoms with Crippen molar-refractivity contribution >= 4 is 40.9 Å². The molecule has 0 aromatic heterocycles. The van der Waals surface area contributed by atoms with E-state index in [1.165, 1.54) is 32.7 Å². The van der Waals surface area contributed by atoms with E-state index in [0.29, 0.717) is 0 Å². The third-order valence-corrected chi connectivity index (χ3v) is 3.02. The molecule has 3 heteroatoms. The zero-order valence-corrected chi connectivity index (χ0v) is 13.4. The predicted molar refractivity (Wildman–Crippen MR) is 78.2 cm³/mol. The summed E-state index contributed by atoms with van der Waals surface area (Å²) < 4.78 is 0. The summed E-state index contributed by atoms with van der Waals surface area (Å²) in [6.07, 6.45) is 0. The molecular formula is C15H13Cl2Ru-. The summed E-state index contributed by atoms with van der Waals surface area (Å²) in [6.45, 7) is 4.28. The molecule has 0 nitrogen and oxygen atoms in total. The molecule has 0 fully saturated rings. The molecule has 0 saturated carbocycles. The van der Waals surface area contributed by atoms with E-state index in [0.717, 1.165) is 0 Å². The van der Waals surface area contributed by atoms with Crippen LogP contribution in [0.5, 0.6) is 0 Å². The van der Waals surface area contributed by atoms with Gasteiger partial charge in [-0.25, -0.2) is 0 Å². The Kier molecular flexibility index (Phi) is 4.73. The van der Waals surface area contributed by atoms with Crippen LogP contribution in [0.15, 0.2) is 42.5 Å². The first kappa shape index (κ1) is 13.9. The van der Waals surface area contributed by atoms with E-state index < -0.39 is 0 Å². The van der Waals surface area contributed by atoms with Gasteiger partial charge in [-0.2, -0.15) is 0 Å². The summed E-state index contributed by atoms with van der Waals surface area (Å²) in [6, 6.07) is 15.6. The topological polar surface area (TPSA) is 0 Å². The van der Waals surface area contributed by atoms with Gasteiger partial charge in [-0.15, -0.1) is 39.7 Å². The number of fused-ring (bicyclic) bond motifs is 3. The van der Waals surface area contributed by atoms with E-state index in [2.05, 4.69) is 56.3 Å². The Morgan fingerprint density at radius 3 is 1.61 bits per heavy atom. The van der Waals surface area contributed by atoms with Gasteiger partial charge < -0.3 is 0 Å². The molecule has 3 aromatic rings. The first-order chi connectivity index (χ1) is 8.65. The van der Waals surface area contributed by atoms with E-state index in [-0.39, 0.29) is 15.1 Å². The molecule has 0 aliphatic heterocycles. The normalized spacial score (nSPS) is 10.7. The number of hydrogen-bond acceptors (Lipinski definition) is 0. The van der Waals surface area contributed by atoms with Crippen LogP contribution >= 0.6 is 19.4 Å². The maximum atomic E-state index is 4.85. The predicted octanol–water partition coefficient (Wildman–Crippen LogP) is 5.71. The fourth-order valence-corrected chi connectivity index (χ4v) is 2.26. The van der Waals surface area contributed by atoms with Gasteiger partial charge in [0.15, 0.2) is 0 Å². The standard InChI is InChI=1S/C15H13.2ClH.Ru/c1-10-3-5-14-12(7-10)9-13-8-11(2)4-6-15(13)14;;;/h3-9H,1-2H3;2*1H;/q-1;;;+2/p-2. The van der Waals surface area contributed by atoms with Gasteiger partial charge in [0.05, 0.1) is 0 Å². The van der Waals surface area contributed by atoms with Crippen LogP contribution in [0.1, 0.15) is 11.1 Å². The number of rotatable bonds is 0. The molecule has 96 valence electrons. The van der Waals surface area contributed by atoms with Crippen molar-refractivity contribution in [2.75, 3.05) is 0 Å². The molecule has 3 aromatic carbocycles. The minimum atomic E-state index is -0.346. The SMILES string of the molecule is Cc1ccc2c(c1)[cH-]c1cc(C)ccc12.[Cl][Ru][Cl]. The van der Waals surface area contributed by atoms with Gasteiger partial charge in [0.2, 0.25) is 0 Å². The van der Waals surface area contributed by atoms with Crippen molar-refractivity contribution in [3.8, 4) is 0 Å². The summed E-state index contributed by atoms with van der Waals surface area (Å²) in [4.78, 5) is 0. The van der Waals surface area contributed by atoms with Crippen LogP contribution in [0.2, 0.25) is 0 Å². The number of aryl methyl sites for hydroxylation is 2. The summed E-state index contributed by atoms with van der Waals surface area (Å²) >= 11 is -0.346. The van der Waals surface area contributed by atoms with E-state index >= 15 is 0 Å². The molecule has 0 bridgehead atoms. The Balaban J connectivity index is 0.000000367. The van der Waals surface area contributed by atoms with Gasteiger partial charge in [0.1, 0.15) is 0 Å². The molecule has 0 aliphatic carbocycles.